The molecule has 0 fully saturated rings. The number of benzene rings is 1. The van der Waals surface area contributed by atoms with Crippen molar-refractivity contribution < 1.29 is 13.9 Å². The van der Waals surface area contributed by atoms with E-state index >= 15 is 0 Å². The Bertz CT molecular complexity index is 1290. The lowest BCUT2D eigenvalue weighted by Crippen LogP contribution is -2.29. The number of ether oxygens (including phenoxy) is 1. The molecule has 0 radical (unpaired) electrons. The van der Waals surface area contributed by atoms with Gasteiger partial charge in [0.25, 0.3) is 5.91 Å². The van der Waals surface area contributed by atoms with Crippen LogP contribution in [0, 0.1) is 5.82 Å². The first-order valence-electron chi connectivity index (χ1n) is 10.6. The largest absolute Gasteiger partial charge is 0.383 e. The summed E-state index contributed by atoms with van der Waals surface area (Å²) in [6, 6.07) is 7.67. The second-order valence-electron chi connectivity index (χ2n) is 7.38. The van der Waals surface area contributed by atoms with Crippen molar-refractivity contribution in [3.8, 4) is 11.3 Å². The molecule has 0 saturated carbocycles. The van der Waals surface area contributed by atoms with Crippen molar-refractivity contribution in [2.24, 2.45) is 7.05 Å². The summed E-state index contributed by atoms with van der Waals surface area (Å²) in [5.74, 6) is 0.114. The number of hydrogen-bond donors (Lipinski definition) is 2. The van der Waals surface area contributed by atoms with Gasteiger partial charge in [0.15, 0.2) is 10.8 Å². The Morgan fingerprint density at radius 2 is 2.00 bits per heavy atom. The van der Waals surface area contributed by atoms with Gasteiger partial charge < -0.3 is 15.4 Å². The van der Waals surface area contributed by atoms with Gasteiger partial charge in [0.05, 0.1) is 30.4 Å². The number of rotatable bonds is 10. The maximum Gasteiger partial charge on any atom is 0.269 e. The number of nitrogens with one attached hydrogen (secondary N) is 2. The van der Waals surface area contributed by atoms with Crippen molar-refractivity contribution in [1.29, 1.82) is 0 Å². The first-order valence-corrected chi connectivity index (χ1v) is 11.8. The van der Waals surface area contributed by atoms with Crippen LogP contribution in [0.5, 0.6) is 0 Å². The molecule has 0 atom stereocenters. The van der Waals surface area contributed by atoms with Gasteiger partial charge in [-0.1, -0.05) is 11.8 Å². The summed E-state index contributed by atoms with van der Waals surface area (Å²) in [6.45, 7) is 1.94. The third kappa shape index (κ3) is 5.18. The number of nitrogens with zero attached hydrogens (tertiary/aromatic N) is 6. The Morgan fingerprint density at radius 3 is 2.74 bits per heavy atom. The predicted molar refractivity (Wildman–Crippen MR) is 128 cm³/mol. The van der Waals surface area contributed by atoms with Crippen LogP contribution < -0.4 is 10.6 Å². The Hall–Kier alpha value is -3.51. The molecular weight excluding hydrogens is 459 g/mol. The maximum absolute atomic E-state index is 13.2. The van der Waals surface area contributed by atoms with E-state index in [0.717, 1.165) is 10.9 Å². The number of carbonyl (C=O) groups is 1. The molecule has 0 aliphatic rings. The first-order chi connectivity index (χ1) is 16.5. The molecule has 0 aliphatic heterocycles. The molecule has 1 aromatic carbocycles. The molecule has 0 bridgehead atoms. The lowest BCUT2D eigenvalue weighted by atomic mass is 10.1. The van der Waals surface area contributed by atoms with Gasteiger partial charge in [0.2, 0.25) is 0 Å². The number of anilines is 1. The van der Waals surface area contributed by atoms with Crippen LogP contribution in [-0.2, 0) is 18.3 Å². The van der Waals surface area contributed by atoms with Crippen molar-refractivity contribution in [1.82, 2.24) is 34.8 Å². The van der Waals surface area contributed by atoms with E-state index in [1.54, 1.807) is 43.2 Å². The summed E-state index contributed by atoms with van der Waals surface area (Å²) in [5, 5.41) is 16.4. The molecule has 2 N–H and O–H groups in total. The molecule has 12 heteroatoms. The van der Waals surface area contributed by atoms with E-state index in [9.17, 15) is 9.18 Å². The number of methoxy groups -OCH3 is 1. The van der Waals surface area contributed by atoms with E-state index in [0.29, 0.717) is 54.3 Å². The van der Waals surface area contributed by atoms with Crippen LogP contribution in [0.2, 0.25) is 0 Å². The van der Waals surface area contributed by atoms with Crippen LogP contribution in [0.1, 0.15) is 10.5 Å². The minimum atomic E-state index is -0.323. The molecule has 0 unspecified atom stereocenters. The van der Waals surface area contributed by atoms with Gasteiger partial charge in [0.1, 0.15) is 17.3 Å². The fourth-order valence-corrected chi connectivity index (χ4v) is 3.76. The highest BCUT2D eigenvalue weighted by molar-refractivity contribution is 7.98. The standard InChI is InChI=1S/C22H25FN8O2S/c1-30-18(12-17(29-30)14-4-6-15(23)7-5-14)21(32)25-8-10-31-20-16(13-26-31)19(24-9-11-33-2)27-22(28-20)34-3/h4-7,12-13H,8-11H2,1-3H3,(H,25,32)(H,24,27,28). The minimum absolute atomic E-state index is 0.263. The van der Waals surface area contributed by atoms with E-state index in [1.165, 1.54) is 28.6 Å². The zero-order valence-corrected chi connectivity index (χ0v) is 19.9. The first kappa shape index (κ1) is 23.6. The zero-order chi connectivity index (χ0) is 24.1. The normalized spacial score (nSPS) is 11.2. The molecule has 4 aromatic rings. The molecule has 3 heterocycles. The molecule has 3 aromatic heterocycles. The lowest BCUT2D eigenvalue weighted by Gasteiger charge is -2.09. The molecular formula is C22H25FN8O2S. The second-order valence-corrected chi connectivity index (χ2v) is 8.16. The molecule has 4 rings (SSSR count). The van der Waals surface area contributed by atoms with Crippen molar-refractivity contribution in [2.45, 2.75) is 11.7 Å². The topological polar surface area (TPSA) is 112 Å². The second kappa shape index (κ2) is 10.6. The SMILES string of the molecule is COCCNc1nc(SC)nc2c1cnn2CCNC(=O)c1cc(-c2ccc(F)cc2)nn1C. The highest BCUT2D eigenvalue weighted by Crippen LogP contribution is 2.23. The average molecular weight is 485 g/mol. The van der Waals surface area contributed by atoms with Gasteiger partial charge in [-0.15, -0.1) is 0 Å². The number of thioether (sulfide) groups is 1. The quantitative estimate of drug-likeness (QED) is 0.201. The van der Waals surface area contributed by atoms with Gasteiger partial charge in [0, 0.05) is 32.8 Å². The molecule has 178 valence electrons. The van der Waals surface area contributed by atoms with Crippen molar-refractivity contribution in [3.05, 3.63) is 48.0 Å². The van der Waals surface area contributed by atoms with Gasteiger partial charge >= 0.3 is 0 Å². The van der Waals surface area contributed by atoms with Crippen LogP contribution in [0.15, 0.2) is 41.7 Å². The lowest BCUT2D eigenvalue weighted by molar-refractivity contribution is 0.0942. The molecule has 0 aliphatic carbocycles. The highest BCUT2D eigenvalue weighted by atomic mass is 32.2. The Labute approximate surface area is 199 Å². The van der Waals surface area contributed by atoms with Crippen LogP contribution in [0.4, 0.5) is 10.2 Å². The average Bonchev–Trinajstić information content (AvgIpc) is 3.43. The fraction of sp³-hybridized carbons (Fsp3) is 0.318. The van der Waals surface area contributed by atoms with Gasteiger partial charge in [-0.3, -0.25) is 9.48 Å². The van der Waals surface area contributed by atoms with Crippen LogP contribution in [0.25, 0.3) is 22.3 Å². The van der Waals surface area contributed by atoms with Crippen molar-refractivity contribution >= 4 is 34.5 Å². The van der Waals surface area contributed by atoms with Gasteiger partial charge in [-0.2, -0.15) is 10.2 Å². The number of halogens is 1. The molecule has 1 amide bonds. The summed E-state index contributed by atoms with van der Waals surface area (Å²) in [4.78, 5) is 21.9. The number of fused-ring (bicyclic) bond motifs is 1. The van der Waals surface area contributed by atoms with Crippen LogP contribution in [-0.4, -0.2) is 68.5 Å². The third-order valence-corrected chi connectivity index (χ3v) is 5.67. The van der Waals surface area contributed by atoms with Crippen LogP contribution in [0.3, 0.4) is 0 Å². The zero-order valence-electron chi connectivity index (χ0n) is 19.1. The number of hydrogen-bond acceptors (Lipinski definition) is 8. The smallest absolute Gasteiger partial charge is 0.269 e. The Balaban J connectivity index is 1.44. The Morgan fingerprint density at radius 1 is 1.21 bits per heavy atom. The number of carbonyl (C=O) groups excluding carboxylic acids is 1. The van der Waals surface area contributed by atoms with Gasteiger partial charge in [-0.25, -0.2) is 19.0 Å². The van der Waals surface area contributed by atoms with Gasteiger partial charge in [-0.05, 0) is 36.6 Å². The predicted octanol–water partition coefficient (Wildman–Crippen LogP) is 2.58. The number of amides is 1. The summed E-state index contributed by atoms with van der Waals surface area (Å²) in [6.07, 6.45) is 3.63. The molecule has 34 heavy (non-hydrogen) atoms. The maximum atomic E-state index is 13.2. The van der Waals surface area contributed by atoms with Crippen molar-refractivity contribution in [3.63, 3.8) is 0 Å². The van der Waals surface area contributed by atoms with E-state index in [1.807, 2.05) is 6.26 Å². The molecule has 0 spiro atoms. The summed E-state index contributed by atoms with van der Waals surface area (Å²) in [5.41, 5.74) is 2.42. The van der Waals surface area contributed by atoms with Crippen LogP contribution >= 0.6 is 11.8 Å². The molecule has 10 nitrogen and oxygen atoms in total. The summed E-state index contributed by atoms with van der Waals surface area (Å²) >= 11 is 1.44. The van der Waals surface area contributed by atoms with E-state index in [2.05, 4.69) is 30.8 Å². The Kier molecular flexibility index (Phi) is 7.38. The molecule has 0 saturated heterocycles. The van der Waals surface area contributed by atoms with E-state index in [-0.39, 0.29) is 11.7 Å². The monoisotopic (exact) mass is 484 g/mol. The number of aromatic nitrogens is 6. The summed E-state index contributed by atoms with van der Waals surface area (Å²) < 4.78 is 21.5. The van der Waals surface area contributed by atoms with E-state index < -0.39 is 0 Å². The van der Waals surface area contributed by atoms with E-state index in [4.69, 9.17) is 4.74 Å². The fourth-order valence-electron chi connectivity index (χ4n) is 3.40. The minimum Gasteiger partial charge on any atom is -0.383 e. The third-order valence-electron chi connectivity index (χ3n) is 5.12. The summed E-state index contributed by atoms with van der Waals surface area (Å²) in [7, 11) is 3.34. The number of aryl methyl sites for hydroxylation is 1. The van der Waals surface area contributed by atoms with Crippen molar-refractivity contribution in [2.75, 3.05) is 38.4 Å². The highest BCUT2D eigenvalue weighted by Gasteiger charge is 2.16.